The highest BCUT2D eigenvalue weighted by Crippen LogP contribution is 2.26. The number of fused-ring (bicyclic) bond motifs is 1. The van der Waals surface area contributed by atoms with Crippen molar-refractivity contribution in [3.8, 4) is 11.1 Å². The highest BCUT2D eigenvalue weighted by Gasteiger charge is 2.16. The Morgan fingerprint density at radius 3 is 2.65 bits per heavy atom. The fourth-order valence-electron chi connectivity index (χ4n) is 2.51. The fraction of sp³-hybridized carbons (Fsp3) is 0.278. The first-order valence-electron chi connectivity index (χ1n) is 8.13. The minimum absolute atomic E-state index is 0.183. The van der Waals surface area contributed by atoms with Crippen molar-refractivity contribution >= 4 is 33.4 Å². The number of pyridine rings is 1. The quantitative estimate of drug-likeness (QED) is 0.677. The molecule has 3 aromatic rings. The van der Waals surface area contributed by atoms with E-state index in [-0.39, 0.29) is 10.7 Å². The molecule has 0 radical (unpaired) electrons. The third-order valence-electron chi connectivity index (χ3n) is 3.80. The lowest BCUT2D eigenvalue weighted by Gasteiger charge is -2.16. The van der Waals surface area contributed by atoms with E-state index < -0.39 is 10.8 Å². The third-order valence-corrected chi connectivity index (χ3v) is 4.84. The van der Waals surface area contributed by atoms with Gasteiger partial charge in [0, 0.05) is 35.0 Å². The number of aromatic nitrogens is 3. The second-order valence-electron chi connectivity index (χ2n) is 6.32. The maximum absolute atomic E-state index is 13.1. The van der Waals surface area contributed by atoms with Gasteiger partial charge >= 0.3 is 0 Å². The van der Waals surface area contributed by atoms with E-state index in [0.717, 1.165) is 0 Å². The molecule has 0 spiro atoms. The summed E-state index contributed by atoms with van der Waals surface area (Å²) in [6.07, 6.45) is 3.08. The average molecular weight is 391 g/mol. The Bertz CT molecular complexity index is 1050. The summed E-state index contributed by atoms with van der Waals surface area (Å²) in [5.74, 6) is 0.322. The van der Waals surface area contributed by atoms with Crippen LogP contribution in [-0.4, -0.2) is 31.7 Å². The van der Waals surface area contributed by atoms with Crippen LogP contribution in [-0.2, 0) is 10.8 Å². The molecule has 0 amide bonds. The van der Waals surface area contributed by atoms with Gasteiger partial charge in [0.15, 0.2) is 5.65 Å². The van der Waals surface area contributed by atoms with Gasteiger partial charge in [-0.05, 0) is 18.1 Å². The third kappa shape index (κ3) is 3.64. The smallest absolute Gasteiger partial charge is 0.278 e. The van der Waals surface area contributed by atoms with Crippen LogP contribution in [0, 0.1) is 5.92 Å². The second kappa shape index (κ2) is 7.55. The van der Waals surface area contributed by atoms with Crippen LogP contribution in [0.3, 0.4) is 0 Å². The van der Waals surface area contributed by atoms with Gasteiger partial charge in [0.05, 0.1) is 16.4 Å². The average Bonchev–Trinajstić information content (AvgIpc) is 2.60. The molecule has 8 heteroatoms. The predicted molar refractivity (Wildman–Crippen MR) is 106 cm³/mol. The molecule has 136 valence electrons. The molecular formula is C18H19ClN4O2S. The Balaban J connectivity index is 2.30. The molecule has 1 aromatic carbocycles. The van der Waals surface area contributed by atoms with Gasteiger partial charge in [0.1, 0.15) is 0 Å². The van der Waals surface area contributed by atoms with Crippen molar-refractivity contribution in [2.24, 2.45) is 5.92 Å². The monoisotopic (exact) mass is 390 g/mol. The van der Waals surface area contributed by atoms with E-state index in [4.69, 9.17) is 11.6 Å². The lowest BCUT2D eigenvalue weighted by atomic mass is 10.1. The second-order valence-corrected chi connectivity index (χ2v) is 8.00. The summed E-state index contributed by atoms with van der Waals surface area (Å²) in [5, 5.41) is 1.33. The molecule has 2 heterocycles. The molecule has 0 saturated heterocycles. The predicted octanol–water partition coefficient (Wildman–Crippen LogP) is 3.05. The summed E-state index contributed by atoms with van der Waals surface area (Å²) in [6.45, 7) is 4.66. The molecule has 3 rings (SSSR count). The van der Waals surface area contributed by atoms with Crippen molar-refractivity contribution < 1.29 is 4.21 Å². The van der Waals surface area contributed by atoms with Crippen LogP contribution in [0.2, 0.25) is 5.02 Å². The SMILES string of the molecule is CC(C)CNn1c(=O)c(-c2ccccc2Cl)cc2cnc(S(C)=O)nc21. The minimum atomic E-state index is -1.34. The fourth-order valence-corrected chi connectivity index (χ4v) is 3.17. The van der Waals surface area contributed by atoms with Crippen molar-refractivity contribution in [1.82, 2.24) is 14.6 Å². The van der Waals surface area contributed by atoms with Crippen LogP contribution in [0.5, 0.6) is 0 Å². The zero-order chi connectivity index (χ0) is 18.8. The molecule has 0 aliphatic rings. The van der Waals surface area contributed by atoms with Crippen LogP contribution in [0.4, 0.5) is 0 Å². The first-order chi connectivity index (χ1) is 12.4. The van der Waals surface area contributed by atoms with E-state index in [0.29, 0.717) is 39.6 Å². The number of nitrogens with one attached hydrogen (secondary N) is 1. The van der Waals surface area contributed by atoms with Crippen LogP contribution in [0.25, 0.3) is 22.2 Å². The number of hydrogen-bond acceptors (Lipinski definition) is 5. The van der Waals surface area contributed by atoms with Gasteiger partial charge in [-0.25, -0.2) is 14.6 Å². The summed E-state index contributed by atoms with van der Waals surface area (Å²) in [6, 6.07) is 8.90. The molecule has 1 N–H and O–H groups in total. The minimum Gasteiger partial charge on any atom is -0.321 e. The Kier molecular flexibility index (Phi) is 5.38. The molecule has 2 aromatic heterocycles. The Morgan fingerprint density at radius 1 is 1.27 bits per heavy atom. The van der Waals surface area contributed by atoms with E-state index in [2.05, 4.69) is 15.4 Å². The zero-order valence-corrected chi connectivity index (χ0v) is 16.3. The molecule has 1 unspecified atom stereocenters. The number of hydrogen-bond donors (Lipinski definition) is 1. The summed E-state index contributed by atoms with van der Waals surface area (Å²) < 4.78 is 13.1. The zero-order valence-electron chi connectivity index (χ0n) is 14.7. The van der Waals surface area contributed by atoms with Crippen molar-refractivity contribution in [2.75, 3.05) is 18.2 Å². The van der Waals surface area contributed by atoms with Gasteiger partial charge in [-0.3, -0.25) is 9.00 Å². The Hall–Kier alpha value is -2.25. The van der Waals surface area contributed by atoms with E-state index >= 15 is 0 Å². The summed E-state index contributed by atoms with van der Waals surface area (Å²) in [4.78, 5) is 21.6. The molecule has 0 bridgehead atoms. The molecule has 1 atom stereocenters. The van der Waals surface area contributed by atoms with Crippen molar-refractivity contribution in [1.29, 1.82) is 0 Å². The largest absolute Gasteiger partial charge is 0.321 e. The topological polar surface area (TPSA) is 76.9 Å². The van der Waals surface area contributed by atoms with Gasteiger partial charge < -0.3 is 5.43 Å². The van der Waals surface area contributed by atoms with E-state index in [1.54, 1.807) is 24.4 Å². The van der Waals surface area contributed by atoms with Gasteiger partial charge in [-0.2, -0.15) is 0 Å². The van der Waals surface area contributed by atoms with Crippen LogP contribution in [0.1, 0.15) is 13.8 Å². The van der Waals surface area contributed by atoms with Gasteiger partial charge in [-0.1, -0.05) is 43.6 Å². The highest BCUT2D eigenvalue weighted by molar-refractivity contribution is 7.84. The molecule has 0 fully saturated rings. The van der Waals surface area contributed by atoms with Gasteiger partial charge in [0.2, 0.25) is 5.16 Å². The number of halogens is 1. The van der Waals surface area contributed by atoms with Crippen molar-refractivity contribution in [3.05, 3.63) is 51.9 Å². The first kappa shape index (κ1) is 18.5. The van der Waals surface area contributed by atoms with E-state index in [1.807, 2.05) is 26.0 Å². The summed E-state index contributed by atoms with van der Waals surface area (Å²) >= 11 is 6.29. The van der Waals surface area contributed by atoms with E-state index in [1.165, 1.54) is 10.9 Å². The standard InChI is InChI=1S/C18H19ClN4O2S/c1-11(2)9-21-23-16-12(10-20-18(22-16)26(3)25)8-14(17(23)24)13-6-4-5-7-15(13)19/h4-8,10-11,21H,9H2,1-3H3. The maximum atomic E-state index is 13.1. The van der Waals surface area contributed by atoms with Crippen LogP contribution < -0.4 is 11.0 Å². The maximum Gasteiger partial charge on any atom is 0.278 e. The molecule has 0 saturated carbocycles. The van der Waals surface area contributed by atoms with Crippen LogP contribution >= 0.6 is 11.6 Å². The van der Waals surface area contributed by atoms with E-state index in [9.17, 15) is 9.00 Å². The Labute approximate surface area is 158 Å². The lowest BCUT2D eigenvalue weighted by Crippen LogP contribution is -2.33. The van der Waals surface area contributed by atoms with Gasteiger partial charge in [0.25, 0.3) is 5.56 Å². The molecule has 0 aliphatic carbocycles. The molecular weight excluding hydrogens is 372 g/mol. The number of benzene rings is 1. The molecule has 6 nitrogen and oxygen atoms in total. The normalized spacial score (nSPS) is 12.5. The summed E-state index contributed by atoms with van der Waals surface area (Å²) in [5.41, 5.74) is 4.35. The highest BCUT2D eigenvalue weighted by atomic mass is 35.5. The van der Waals surface area contributed by atoms with Gasteiger partial charge in [-0.15, -0.1) is 0 Å². The van der Waals surface area contributed by atoms with Crippen molar-refractivity contribution in [2.45, 2.75) is 19.0 Å². The Morgan fingerprint density at radius 2 is 2.00 bits per heavy atom. The first-order valence-corrected chi connectivity index (χ1v) is 10.1. The number of rotatable bonds is 5. The molecule has 0 aliphatic heterocycles. The van der Waals surface area contributed by atoms with Crippen LogP contribution in [0.15, 0.2) is 46.5 Å². The lowest BCUT2D eigenvalue weighted by molar-refractivity contribution is 0.638. The summed E-state index contributed by atoms with van der Waals surface area (Å²) in [7, 11) is -1.34. The molecule has 26 heavy (non-hydrogen) atoms. The number of nitrogens with zero attached hydrogens (tertiary/aromatic N) is 3. The van der Waals surface area contributed by atoms with Crippen molar-refractivity contribution in [3.63, 3.8) is 0 Å².